The Morgan fingerprint density at radius 3 is 1.24 bits per heavy atom. The first-order chi connectivity index (χ1) is 32.3. The minimum Gasteiger partial charge on any atom is -0.481 e. The topological polar surface area (TPSA) is 309 Å². The van der Waals surface area contributed by atoms with Crippen LogP contribution in [0.3, 0.4) is 0 Å². The van der Waals surface area contributed by atoms with Crippen LogP contribution in [0.25, 0.3) is 33.8 Å². The highest BCUT2D eigenvalue weighted by atomic mass is 32.1. The Morgan fingerprint density at radius 2 is 0.912 bits per heavy atom. The normalized spacial score (nSPS) is 11.2. The number of aromatic nitrogens is 3. The maximum absolute atomic E-state index is 12.2. The van der Waals surface area contributed by atoms with Crippen LogP contribution in [0.4, 0.5) is 15.4 Å². The Balaban J connectivity index is 0.000000222. The molecule has 3 heterocycles. The summed E-state index contributed by atoms with van der Waals surface area (Å²) in [6.07, 6.45) is -0.358. The molecule has 0 saturated heterocycles. The number of benzene rings is 3. The van der Waals surface area contributed by atoms with Crippen LogP contribution in [-0.2, 0) is 28.8 Å². The fourth-order valence-electron chi connectivity index (χ4n) is 5.73. The zero-order valence-electron chi connectivity index (χ0n) is 36.8. The maximum atomic E-state index is 12.2. The molecule has 0 radical (unpaired) electrons. The highest BCUT2D eigenvalue weighted by molar-refractivity contribution is 7.17. The molecule has 0 fully saturated rings. The molecule has 18 nitrogen and oxygen atoms in total. The molecule has 0 aliphatic rings. The summed E-state index contributed by atoms with van der Waals surface area (Å²) in [4.78, 5) is 82.3. The number of nitrogens with one attached hydrogen (secondary N) is 3. The van der Waals surface area contributed by atoms with Gasteiger partial charge in [-0.15, -0.1) is 0 Å². The van der Waals surface area contributed by atoms with E-state index in [2.05, 4.69) is 49.1 Å². The van der Waals surface area contributed by atoms with Gasteiger partial charge in [0.1, 0.15) is 49.9 Å². The Labute approximate surface area is 402 Å². The molecule has 6 N–H and O–H groups in total. The number of carboxylic acid groups (broad SMARTS) is 3. The van der Waals surface area contributed by atoms with Crippen LogP contribution in [0.1, 0.15) is 68.0 Å². The predicted octanol–water partition coefficient (Wildman–Crippen LogP) is 8.97. The second-order valence-corrected chi connectivity index (χ2v) is 18.2. The standard InChI is InChI=1S/2C16H15N3O3S.C15H13N3O3S/c1-16(2,8-12(20)21)14(22)19-15-18-13(11(9-17)23-15)10-6-4-3-5-7-10;1-10(7-8-13(20)21)15(22)19-16-18-14(12(9-17)23-16)11-5-3-2-4-6-11;1-9(7-12(19)20)14(21)18-15-17-13(11(8-16)22-15)10-5-3-2-4-6-10/h3-7H,8H2,1-2H3,(H,20,21)(H,18,19,22);2-6,10H,7-8H2,1H3,(H,20,21)(H,18,19,22);2-6,9H,7H2,1H3,(H,19,20)(H,17,18,21). The Morgan fingerprint density at radius 1 is 0.559 bits per heavy atom. The molecular weight excluding hydrogens is 931 g/mol. The van der Waals surface area contributed by atoms with Crippen molar-refractivity contribution in [2.24, 2.45) is 17.3 Å². The molecule has 3 aromatic heterocycles. The van der Waals surface area contributed by atoms with Crippen LogP contribution >= 0.6 is 34.0 Å². The number of hydrogen-bond donors (Lipinski definition) is 6. The zero-order chi connectivity index (χ0) is 50.0. The molecule has 3 amide bonds. The number of rotatable bonds is 16. The second kappa shape index (κ2) is 24.9. The largest absolute Gasteiger partial charge is 0.481 e. The van der Waals surface area contributed by atoms with Crippen LogP contribution in [0.2, 0.25) is 0 Å². The van der Waals surface area contributed by atoms with Crippen molar-refractivity contribution in [1.29, 1.82) is 15.8 Å². The van der Waals surface area contributed by atoms with Crippen LogP contribution in [0.5, 0.6) is 0 Å². The Kier molecular flexibility index (Phi) is 19.2. The van der Waals surface area contributed by atoms with Crippen molar-refractivity contribution in [2.45, 2.75) is 53.4 Å². The molecule has 0 aliphatic carbocycles. The van der Waals surface area contributed by atoms with Gasteiger partial charge in [-0.05, 0) is 6.42 Å². The van der Waals surface area contributed by atoms with E-state index in [0.717, 1.165) is 50.7 Å². The SMILES string of the molecule is CC(C)(CC(=O)O)C(=O)Nc1nc(-c2ccccc2)c(C#N)s1.CC(CC(=O)O)C(=O)Nc1nc(-c2ccccc2)c(C#N)s1.CC(CCC(=O)O)C(=O)Nc1nc(-c2ccccc2)c(C#N)s1. The third kappa shape index (κ3) is 15.5. The van der Waals surface area contributed by atoms with Gasteiger partial charge in [0.25, 0.3) is 0 Å². The molecule has 0 saturated carbocycles. The van der Waals surface area contributed by atoms with Crippen LogP contribution in [-0.4, -0.2) is 65.9 Å². The van der Waals surface area contributed by atoms with Crippen molar-refractivity contribution in [3.05, 3.63) is 106 Å². The molecule has 21 heteroatoms. The molecule has 0 bridgehead atoms. The summed E-state index contributed by atoms with van der Waals surface area (Å²) in [5.74, 6) is -5.32. The van der Waals surface area contributed by atoms with E-state index in [9.17, 15) is 44.6 Å². The summed E-state index contributed by atoms with van der Waals surface area (Å²) in [5, 5.41) is 62.6. The summed E-state index contributed by atoms with van der Waals surface area (Å²) in [5.41, 5.74) is 2.85. The third-order valence-electron chi connectivity index (χ3n) is 9.38. The lowest BCUT2D eigenvalue weighted by molar-refractivity contribution is -0.142. The number of aliphatic carboxylic acids is 3. The quantitative estimate of drug-likeness (QED) is 0.0527. The van der Waals surface area contributed by atoms with Crippen LogP contribution in [0.15, 0.2) is 91.0 Å². The van der Waals surface area contributed by atoms with Gasteiger partial charge in [0.15, 0.2) is 15.4 Å². The first kappa shape index (κ1) is 52.5. The lowest BCUT2D eigenvalue weighted by Gasteiger charge is -2.20. The minimum atomic E-state index is -1.07. The van der Waals surface area contributed by atoms with Gasteiger partial charge in [0, 0.05) is 34.9 Å². The van der Waals surface area contributed by atoms with Crippen LogP contribution < -0.4 is 16.0 Å². The number of anilines is 3. The predicted molar refractivity (Wildman–Crippen MR) is 256 cm³/mol. The number of nitrogens with zero attached hydrogens (tertiary/aromatic N) is 6. The highest BCUT2D eigenvalue weighted by Gasteiger charge is 2.31. The molecule has 2 atom stereocenters. The van der Waals surface area contributed by atoms with Gasteiger partial charge in [0.2, 0.25) is 17.7 Å². The second-order valence-electron chi connectivity index (χ2n) is 15.2. The van der Waals surface area contributed by atoms with Gasteiger partial charge in [-0.2, -0.15) is 15.8 Å². The van der Waals surface area contributed by atoms with Crippen molar-refractivity contribution in [2.75, 3.05) is 16.0 Å². The van der Waals surface area contributed by atoms with E-state index in [1.165, 1.54) is 6.92 Å². The van der Waals surface area contributed by atoms with E-state index in [4.69, 9.17) is 15.3 Å². The summed E-state index contributed by atoms with van der Waals surface area (Å²) >= 11 is 3.24. The maximum Gasteiger partial charge on any atom is 0.304 e. The Bertz CT molecular complexity index is 2880. The summed E-state index contributed by atoms with van der Waals surface area (Å²) in [6.45, 7) is 6.29. The smallest absolute Gasteiger partial charge is 0.304 e. The summed E-state index contributed by atoms with van der Waals surface area (Å²) < 4.78 is 0. The van der Waals surface area contributed by atoms with E-state index in [-0.39, 0.29) is 41.9 Å². The van der Waals surface area contributed by atoms with Crippen molar-refractivity contribution >= 4 is 85.0 Å². The molecule has 2 unspecified atom stereocenters. The first-order valence-corrected chi connectivity index (χ1v) is 22.8. The first-order valence-electron chi connectivity index (χ1n) is 20.3. The average molecular weight is 974 g/mol. The number of thiazole rings is 3. The molecular formula is C47H43N9O9S3. The number of nitriles is 3. The van der Waals surface area contributed by atoms with Crippen molar-refractivity contribution in [3.63, 3.8) is 0 Å². The lowest BCUT2D eigenvalue weighted by atomic mass is 9.88. The van der Waals surface area contributed by atoms with E-state index >= 15 is 0 Å². The van der Waals surface area contributed by atoms with Gasteiger partial charge in [-0.25, -0.2) is 15.0 Å². The van der Waals surface area contributed by atoms with Crippen LogP contribution in [0, 0.1) is 51.2 Å². The molecule has 6 rings (SSSR count). The van der Waals surface area contributed by atoms with Crippen molar-refractivity contribution in [1.82, 2.24) is 15.0 Å². The van der Waals surface area contributed by atoms with Crippen molar-refractivity contribution < 1.29 is 44.1 Å². The number of amides is 3. The fraction of sp³-hybridized carbons (Fsp3) is 0.234. The van der Waals surface area contributed by atoms with Gasteiger partial charge < -0.3 is 31.3 Å². The summed E-state index contributed by atoms with van der Waals surface area (Å²) in [6, 6.07) is 33.9. The minimum absolute atomic E-state index is 0.0643. The molecule has 6 aromatic rings. The van der Waals surface area contributed by atoms with E-state index in [1.807, 2.05) is 91.0 Å². The highest BCUT2D eigenvalue weighted by Crippen LogP contribution is 2.34. The van der Waals surface area contributed by atoms with E-state index in [0.29, 0.717) is 36.8 Å². The molecule has 0 spiro atoms. The van der Waals surface area contributed by atoms with Gasteiger partial charge in [0.05, 0.1) is 18.3 Å². The monoisotopic (exact) mass is 973 g/mol. The number of carboxylic acids is 3. The fourth-order valence-corrected chi connectivity index (χ4v) is 8.09. The molecule has 68 heavy (non-hydrogen) atoms. The number of carbonyl (C=O) groups excluding carboxylic acids is 3. The van der Waals surface area contributed by atoms with Crippen molar-refractivity contribution in [3.8, 4) is 52.0 Å². The molecule has 348 valence electrons. The summed E-state index contributed by atoms with van der Waals surface area (Å²) in [7, 11) is 0. The Hall–Kier alpha value is -8.16. The zero-order valence-corrected chi connectivity index (χ0v) is 39.3. The van der Waals surface area contributed by atoms with Gasteiger partial charge >= 0.3 is 17.9 Å². The van der Waals surface area contributed by atoms with Gasteiger partial charge in [-0.3, -0.25) is 28.8 Å². The average Bonchev–Trinajstić information content (AvgIpc) is 4.05. The van der Waals surface area contributed by atoms with E-state index in [1.54, 1.807) is 20.8 Å². The molecule has 3 aromatic carbocycles. The lowest BCUT2D eigenvalue weighted by Crippen LogP contribution is -2.32. The number of carbonyl (C=O) groups is 6. The van der Waals surface area contributed by atoms with E-state index < -0.39 is 47.0 Å². The third-order valence-corrected chi connectivity index (χ3v) is 12.0. The molecule has 0 aliphatic heterocycles. The number of hydrogen-bond acceptors (Lipinski definition) is 15. The van der Waals surface area contributed by atoms with Gasteiger partial charge in [-0.1, -0.05) is 153 Å².